The number of halogens is 2. The quantitative estimate of drug-likeness (QED) is 0.447. The molecule has 1 heterocycles. The molecular formula is C27H38Cl2N6O2. The molecule has 0 aromatic heterocycles. The summed E-state index contributed by atoms with van der Waals surface area (Å²) in [5.41, 5.74) is 4.73. The van der Waals surface area contributed by atoms with Crippen molar-refractivity contribution < 1.29 is 9.59 Å². The maximum atomic E-state index is 13.3. The van der Waals surface area contributed by atoms with Gasteiger partial charge in [0.1, 0.15) is 0 Å². The van der Waals surface area contributed by atoms with Crippen LogP contribution in [0.3, 0.4) is 0 Å². The number of hydrogen-bond donors (Lipinski definition) is 2. The predicted octanol–water partition coefficient (Wildman–Crippen LogP) is 3.27. The van der Waals surface area contributed by atoms with Crippen LogP contribution in [0.2, 0.25) is 0 Å². The van der Waals surface area contributed by atoms with Crippen molar-refractivity contribution in [2.75, 3.05) is 38.1 Å². The Balaban J connectivity index is 0.00000342. The van der Waals surface area contributed by atoms with Crippen LogP contribution in [0, 0.1) is 11.3 Å². The van der Waals surface area contributed by atoms with E-state index in [1.807, 2.05) is 30.1 Å². The highest BCUT2D eigenvalue weighted by atomic mass is 35.5. The molecule has 0 aliphatic carbocycles. The van der Waals surface area contributed by atoms with Gasteiger partial charge >= 0.3 is 0 Å². The average molecular weight is 550 g/mol. The summed E-state index contributed by atoms with van der Waals surface area (Å²) in [5.74, 6) is -0.233. The number of anilines is 1. The normalized spacial score (nSPS) is 12.2. The fourth-order valence-electron chi connectivity index (χ4n) is 4.20. The van der Waals surface area contributed by atoms with Crippen LogP contribution in [-0.4, -0.2) is 61.1 Å². The minimum absolute atomic E-state index is 0. The highest BCUT2D eigenvalue weighted by Crippen LogP contribution is 2.24. The first-order chi connectivity index (χ1) is 16.8. The van der Waals surface area contributed by atoms with Crippen LogP contribution in [0.15, 0.2) is 42.5 Å². The van der Waals surface area contributed by atoms with E-state index in [1.54, 1.807) is 29.1 Å². The molecule has 202 valence electrons. The van der Waals surface area contributed by atoms with Gasteiger partial charge in [-0.2, -0.15) is 5.26 Å². The molecular weight excluding hydrogens is 511 g/mol. The van der Waals surface area contributed by atoms with Crippen molar-refractivity contribution in [2.24, 2.45) is 0 Å². The summed E-state index contributed by atoms with van der Waals surface area (Å²) in [6.07, 6.45) is 0.747. The summed E-state index contributed by atoms with van der Waals surface area (Å²) >= 11 is 0. The summed E-state index contributed by atoms with van der Waals surface area (Å²) < 4.78 is 0. The van der Waals surface area contributed by atoms with Crippen LogP contribution in [0.5, 0.6) is 0 Å². The van der Waals surface area contributed by atoms with E-state index in [0.717, 1.165) is 17.7 Å². The Hall–Kier alpha value is -2.67. The molecule has 0 spiro atoms. The summed E-state index contributed by atoms with van der Waals surface area (Å²) in [7, 11) is 1.77. The Morgan fingerprint density at radius 2 is 1.68 bits per heavy atom. The van der Waals surface area contributed by atoms with Crippen molar-refractivity contribution in [3.63, 3.8) is 0 Å². The molecule has 3 rings (SSSR count). The van der Waals surface area contributed by atoms with E-state index in [9.17, 15) is 14.9 Å². The zero-order chi connectivity index (χ0) is 25.4. The maximum Gasteiger partial charge on any atom is 0.250 e. The van der Waals surface area contributed by atoms with Gasteiger partial charge in [-0.1, -0.05) is 51.1 Å². The highest BCUT2D eigenvalue weighted by molar-refractivity contribution is 5.96. The van der Waals surface area contributed by atoms with Gasteiger partial charge in [0.2, 0.25) is 5.91 Å². The minimum Gasteiger partial charge on any atom is -0.313 e. The summed E-state index contributed by atoms with van der Waals surface area (Å²) in [5, 5.41) is 19.4. The Kier molecular flexibility index (Phi) is 13.6. The van der Waals surface area contributed by atoms with E-state index in [0.29, 0.717) is 37.8 Å². The molecule has 8 nitrogen and oxygen atoms in total. The minimum atomic E-state index is -0.135. The highest BCUT2D eigenvalue weighted by Gasteiger charge is 2.25. The lowest BCUT2D eigenvalue weighted by atomic mass is 10.1. The summed E-state index contributed by atoms with van der Waals surface area (Å²) in [6.45, 7) is 8.73. The second-order valence-electron chi connectivity index (χ2n) is 9.08. The van der Waals surface area contributed by atoms with Gasteiger partial charge < -0.3 is 10.2 Å². The van der Waals surface area contributed by atoms with Crippen molar-refractivity contribution >= 4 is 42.3 Å². The second-order valence-corrected chi connectivity index (χ2v) is 9.08. The summed E-state index contributed by atoms with van der Waals surface area (Å²) in [6, 6.07) is 16.1. The SMILES string of the molecule is CCc1ccc(C#N)cc1N(CCNC(C)C)C(=O)CNCC(=O)N(C)N1Cc2ccccc2C1.Cl.Cl. The molecule has 0 saturated carbocycles. The standard InChI is InChI=1S/C27H36N6O2.2ClH/c1-5-22-11-10-21(15-28)14-25(22)33(13-12-30-20(2)3)27(35)17-29-16-26(34)31(4)32-18-23-8-6-7-9-24(23)19-32;;/h6-11,14,20,29-30H,5,12-13,16-19H2,1-4H3;2*1H. The third-order valence-electron chi connectivity index (χ3n) is 6.24. The van der Waals surface area contributed by atoms with Crippen molar-refractivity contribution in [2.45, 2.75) is 46.3 Å². The van der Waals surface area contributed by atoms with Crippen molar-refractivity contribution in [1.82, 2.24) is 20.7 Å². The number of hydrazine groups is 1. The van der Waals surface area contributed by atoms with E-state index in [-0.39, 0.29) is 49.7 Å². The van der Waals surface area contributed by atoms with Crippen LogP contribution in [0.4, 0.5) is 5.69 Å². The maximum absolute atomic E-state index is 13.3. The number of rotatable bonds is 11. The van der Waals surface area contributed by atoms with Gasteiger partial charge in [0.25, 0.3) is 5.91 Å². The molecule has 2 N–H and O–H groups in total. The van der Waals surface area contributed by atoms with E-state index in [4.69, 9.17) is 0 Å². The van der Waals surface area contributed by atoms with Crippen LogP contribution in [0.25, 0.3) is 0 Å². The number of carbonyl (C=O) groups is 2. The topological polar surface area (TPSA) is 91.7 Å². The molecule has 37 heavy (non-hydrogen) atoms. The molecule has 1 aliphatic heterocycles. The van der Waals surface area contributed by atoms with Gasteiger partial charge in [0.15, 0.2) is 0 Å². The van der Waals surface area contributed by atoms with Crippen molar-refractivity contribution in [3.8, 4) is 6.07 Å². The Morgan fingerprint density at radius 1 is 1.05 bits per heavy atom. The number of aryl methyl sites for hydroxylation is 1. The average Bonchev–Trinajstić information content (AvgIpc) is 3.29. The van der Waals surface area contributed by atoms with Gasteiger partial charge in [-0.3, -0.25) is 19.9 Å². The molecule has 10 heteroatoms. The fraction of sp³-hybridized carbons (Fsp3) is 0.444. The van der Waals surface area contributed by atoms with Crippen LogP contribution in [0.1, 0.15) is 43.0 Å². The third kappa shape index (κ3) is 8.70. The number of likely N-dealkylation sites (N-methyl/N-ethyl adjacent to an activating group) is 1. The number of nitrogens with zero attached hydrogens (tertiary/aromatic N) is 4. The van der Waals surface area contributed by atoms with Crippen LogP contribution in [-0.2, 0) is 29.1 Å². The summed E-state index contributed by atoms with van der Waals surface area (Å²) in [4.78, 5) is 27.8. The predicted molar refractivity (Wildman–Crippen MR) is 152 cm³/mol. The number of nitrogens with one attached hydrogen (secondary N) is 2. The van der Waals surface area contributed by atoms with Crippen molar-refractivity contribution in [1.29, 1.82) is 5.26 Å². The molecule has 2 amide bonds. The van der Waals surface area contributed by atoms with Gasteiger partial charge in [-0.25, -0.2) is 5.01 Å². The number of fused-ring (bicyclic) bond motifs is 1. The molecule has 0 unspecified atom stereocenters. The van der Waals surface area contributed by atoms with E-state index in [2.05, 4.69) is 42.7 Å². The first-order valence-corrected chi connectivity index (χ1v) is 12.2. The molecule has 0 radical (unpaired) electrons. The molecule has 0 fully saturated rings. The Labute approximate surface area is 232 Å². The van der Waals surface area contributed by atoms with Crippen LogP contribution >= 0.6 is 24.8 Å². The molecule has 1 aliphatic rings. The number of carbonyl (C=O) groups excluding carboxylic acids is 2. The molecule has 0 bridgehead atoms. The fourth-order valence-corrected chi connectivity index (χ4v) is 4.20. The first kappa shape index (κ1) is 32.4. The monoisotopic (exact) mass is 548 g/mol. The molecule has 0 atom stereocenters. The first-order valence-electron chi connectivity index (χ1n) is 12.2. The number of amides is 2. The number of hydrogen-bond acceptors (Lipinski definition) is 6. The lowest BCUT2D eigenvalue weighted by Gasteiger charge is -2.28. The largest absolute Gasteiger partial charge is 0.313 e. The van der Waals surface area contributed by atoms with Crippen LogP contribution < -0.4 is 15.5 Å². The zero-order valence-electron chi connectivity index (χ0n) is 22.0. The second kappa shape index (κ2) is 15.6. The Bertz CT molecular complexity index is 1060. The van der Waals surface area contributed by atoms with Gasteiger partial charge in [-0.05, 0) is 35.2 Å². The Morgan fingerprint density at radius 3 is 2.24 bits per heavy atom. The zero-order valence-corrected chi connectivity index (χ0v) is 23.6. The number of nitriles is 1. The smallest absolute Gasteiger partial charge is 0.250 e. The lowest BCUT2D eigenvalue weighted by Crippen LogP contribution is -2.47. The van der Waals surface area contributed by atoms with E-state index < -0.39 is 0 Å². The van der Waals surface area contributed by atoms with Gasteiger partial charge in [0, 0.05) is 45.0 Å². The molecule has 0 saturated heterocycles. The molecule has 2 aromatic rings. The number of benzene rings is 2. The van der Waals surface area contributed by atoms with Gasteiger partial charge in [-0.15, -0.1) is 24.8 Å². The van der Waals surface area contributed by atoms with E-state index >= 15 is 0 Å². The molecule has 2 aromatic carbocycles. The lowest BCUT2D eigenvalue weighted by molar-refractivity contribution is -0.145. The van der Waals surface area contributed by atoms with Gasteiger partial charge in [0.05, 0.1) is 24.7 Å². The third-order valence-corrected chi connectivity index (χ3v) is 6.24. The van der Waals surface area contributed by atoms with Crippen molar-refractivity contribution in [3.05, 3.63) is 64.7 Å². The van der Waals surface area contributed by atoms with E-state index in [1.165, 1.54) is 11.1 Å².